The van der Waals surface area contributed by atoms with Gasteiger partial charge in [-0.3, -0.25) is 4.98 Å². The minimum Gasteiger partial charge on any atom is -0.440 e. The molecule has 0 aliphatic rings. The van der Waals surface area contributed by atoms with Crippen LogP contribution in [0, 0.1) is 0 Å². The number of pyridine rings is 1. The Labute approximate surface area is 89.5 Å². The first-order valence-electron chi connectivity index (χ1n) is 5.34. The van der Waals surface area contributed by atoms with Crippen molar-refractivity contribution < 1.29 is 4.42 Å². The van der Waals surface area contributed by atoms with Crippen LogP contribution in [0.25, 0.3) is 11.1 Å². The Hall–Kier alpha value is -1.38. The number of hydrogen-bond acceptors (Lipinski definition) is 3. The molecule has 0 aliphatic heterocycles. The first kappa shape index (κ1) is 10.1. The van der Waals surface area contributed by atoms with E-state index in [4.69, 9.17) is 4.42 Å². The van der Waals surface area contributed by atoms with Crippen molar-refractivity contribution >= 4 is 11.1 Å². The van der Waals surface area contributed by atoms with Crippen molar-refractivity contribution in [2.75, 3.05) is 0 Å². The maximum atomic E-state index is 5.67. The lowest BCUT2D eigenvalue weighted by Crippen LogP contribution is -1.90. The molecular formula is C12H16N2O. The second kappa shape index (κ2) is 3.65. The highest BCUT2D eigenvalue weighted by atomic mass is 16.3. The number of oxazole rings is 1. The monoisotopic (exact) mass is 204 g/mol. The molecule has 0 N–H and O–H groups in total. The molecule has 2 heterocycles. The van der Waals surface area contributed by atoms with Crippen LogP contribution in [0.1, 0.15) is 51.1 Å². The Bertz CT molecular complexity index is 465. The third-order valence-electron chi connectivity index (χ3n) is 2.40. The molecule has 3 heteroatoms. The SMILES string of the molecule is CC(C)c1cc2oc(C(C)C)nc2cn1. The summed E-state index contributed by atoms with van der Waals surface area (Å²) in [6.45, 7) is 8.38. The molecule has 0 bridgehead atoms. The van der Waals surface area contributed by atoms with E-state index >= 15 is 0 Å². The summed E-state index contributed by atoms with van der Waals surface area (Å²) in [7, 11) is 0. The predicted molar refractivity (Wildman–Crippen MR) is 60.0 cm³/mol. The van der Waals surface area contributed by atoms with Crippen LogP contribution in [0.3, 0.4) is 0 Å². The summed E-state index contributed by atoms with van der Waals surface area (Å²) in [6, 6.07) is 1.98. The van der Waals surface area contributed by atoms with E-state index in [9.17, 15) is 0 Å². The Morgan fingerprint density at radius 1 is 1.13 bits per heavy atom. The van der Waals surface area contributed by atoms with E-state index in [1.165, 1.54) is 0 Å². The van der Waals surface area contributed by atoms with Crippen LogP contribution >= 0.6 is 0 Å². The Kier molecular flexibility index (Phi) is 2.47. The molecule has 80 valence electrons. The maximum Gasteiger partial charge on any atom is 0.198 e. The summed E-state index contributed by atoms with van der Waals surface area (Å²) < 4.78 is 5.67. The van der Waals surface area contributed by atoms with Crippen LogP contribution < -0.4 is 0 Å². The number of hydrogen-bond donors (Lipinski definition) is 0. The number of rotatable bonds is 2. The molecule has 0 amide bonds. The second-order valence-electron chi connectivity index (χ2n) is 4.44. The first-order chi connectivity index (χ1) is 7.08. The third-order valence-corrected chi connectivity index (χ3v) is 2.40. The van der Waals surface area contributed by atoms with Crippen LogP contribution in [0.15, 0.2) is 16.7 Å². The Balaban J connectivity index is 2.52. The van der Waals surface area contributed by atoms with Crippen LogP contribution in [0.4, 0.5) is 0 Å². The zero-order chi connectivity index (χ0) is 11.0. The molecule has 15 heavy (non-hydrogen) atoms. The molecule has 0 fully saturated rings. The molecule has 0 aliphatic carbocycles. The van der Waals surface area contributed by atoms with Gasteiger partial charge in [-0.05, 0) is 5.92 Å². The standard InChI is InChI=1S/C12H16N2O/c1-7(2)9-5-11-10(6-13-9)14-12(15-11)8(3)4/h5-8H,1-4H3. The lowest BCUT2D eigenvalue weighted by atomic mass is 10.1. The fraction of sp³-hybridized carbons (Fsp3) is 0.500. The molecule has 0 atom stereocenters. The van der Waals surface area contributed by atoms with Crippen molar-refractivity contribution in [1.29, 1.82) is 0 Å². The molecule has 0 saturated heterocycles. The van der Waals surface area contributed by atoms with E-state index < -0.39 is 0 Å². The number of fused-ring (bicyclic) bond motifs is 1. The van der Waals surface area contributed by atoms with Gasteiger partial charge in [0.05, 0.1) is 6.20 Å². The van der Waals surface area contributed by atoms with Crippen molar-refractivity contribution in [2.45, 2.75) is 39.5 Å². The molecule has 2 aromatic heterocycles. The largest absolute Gasteiger partial charge is 0.440 e. The molecular weight excluding hydrogens is 188 g/mol. The van der Waals surface area contributed by atoms with Crippen molar-refractivity contribution in [2.24, 2.45) is 0 Å². The minimum atomic E-state index is 0.319. The van der Waals surface area contributed by atoms with E-state index in [1.807, 2.05) is 6.07 Å². The summed E-state index contributed by atoms with van der Waals surface area (Å²) in [5.41, 5.74) is 2.74. The molecule has 2 aromatic rings. The molecule has 0 spiro atoms. The fourth-order valence-corrected chi connectivity index (χ4v) is 1.43. The molecule has 3 nitrogen and oxygen atoms in total. The maximum absolute atomic E-state index is 5.67. The Morgan fingerprint density at radius 3 is 2.47 bits per heavy atom. The van der Waals surface area contributed by atoms with Gasteiger partial charge in [-0.2, -0.15) is 0 Å². The highest BCUT2D eigenvalue weighted by molar-refractivity contribution is 5.71. The molecule has 0 aromatic carbocycles. The second-order valence-corrected chi connectivity index (χ2v) is 4.44. The van der Waals surface area contributed by atoms with Crippen molar-refractivity contribution in [1.82, 2.24) is 9.97 Å². The summed E-state index contributed by atoms with van der Waals surface area (Å²) in [5.74, 6) is 1.52. The zero-order valence-electron chi connectivity index (χ0n) is 9.61. The molecule has 0 unspecified atom stereocenters. The highest BCUT2D eigenvalue weighted by Gasteiger charge is 2.11. The van der Waals surface area contributed by atoms with E-state index in [1.54, 1.807) is 6.20 Å². The summed E-state index contributed by atoms with van der Waals surface area (Å²) in [5, 5.41) is 0. The van der Waals surface area contributed by atoms with Crippen molar-refractivity contribution in [3.05, 3.63) is 23.8 Å². The van der Waals surface area contributed by atoms with Gasteiger partial charge in [0.2, 0.25) is 0 Å². The quantitative estimate of drug-likeness (QED) is 0.751. The van der Waals surface area contributed by atoms with E-state index in [-0.39, 0.29) is 0 Å². The van der Waals surface area contributed by atoms with Gasteiger partial charge in [0.25, 0.3) is 0 Å². The minimum absolute atomic E-state index is 0.319. The topological polar surface area (TPSA) is 38.9 Å². The number of nitrogens with zero attached hydrogens (tertiary/aromatic N) is 2. The van der Waals surface area contributed by atoms with Gasteiger partial charge in [0.1, 0.15) is 5.52 Å². The summed E-state index contributed by atoms with van der Waals surface area (Å²) in [4.78, 5) is 8.74. The van der Waals surface area contributed by atoms with Crippen molar-refractivity contribution in [3.8, 4) is 0 Å². The average molecular weight is 204 g/mol. The first-order valence-corrected chi connectivity index (χ1v) is 5.34. The van der Waals surface area contributed by atoms with E-state index in [2.05, 4.69) is 37.7 Å². The molecule has 0 radical (unpaired) electrons. The van der Waals surface area contributed by atoms with Gasteiger partial charge in [0, 0.05) is 17.7 Å². The van der Waals surface area contributed by atoms with Crippen molar-refractivity contribution in [3.63, 3.8) is 0 Å². The van der Waals surface area contributed by atoms with Gasteiger partial charge in [-0.15, -0.1) is 0 Å². The van der Waals surface area contributed by atoms with Crippen LogP contribution in [0.5, 0.6) is 0 Å². The van der Waals surface area contributed by atoms with Gasteiger partial charge in [0.15, 0.2) is 11.5 Å². The van der Waals surface area contributed by atoms with E-state index in [0.29, 0.717) is 11.8 Å². The number of aromatic nitrogens is 2. The van der Waals surface area contributed by atoms with Gasteiger partial charge >= 0.3 is 0 Å². The Morgan fingerprint density at radius 2 is 1.87 bits per heavy atom. The normalized spacial score (nSPS) is 11.9. The lowest BCUT2D eigenvalue weighted by Gasteiger charge is -2.01. The van der Waals surface area contributed by atoms with Gasteiger partial charge in [-0.1, -0.05) is 27.7 Å². The van der Waals surface area contributed by atoms with Crippen LogP contribution in [0.2, 0.25) is 0 Å². The van der Waals surface area contributed by atoms with E-state index in [0.717, 1.165) is 22.7 Å². The third kappa shape index (κ3) is 1.87. The molecule has 2 rings (SSSR count). The summed E-state index contributed by atoms with van der Waals surface area (Å²) in [6.07, 6.45) is 1.79. The average Bonchev–Trinajstić information content (AvgIpc) is 2.59. The highest BCUT2D eigenvalue weighted by Crippen LogP contribution is 2.23. The van der Waals surface area contributed by atoms with Crippen LogP contribution in [-0.4, -0.2) is 9.97 Å². The molecule has 0 saturated carbocycles. The summed E-state index contributed by atoms with van der Waals surface area (Å²) >= 11 is 0. The van der Waals surface area contributed by atoms with Gasteiger partial charge < -0.3 is 4.42 Å². The zero-order valence-corrected chi connectivity index (χ0v) is 9.61. The van der Waals surface area contributed by atoms with Crippen LogP contribution in [-0.2, 0) is 0 Å². The lowest BCUT2D eigenvalue weighted by molar-refractivity contribution is 0.501. The smallest absolute Gasteiger partial charge is 0.198 e. The van der Waals surface area contributed by atoms with Gasteiger partial charge in [-0.25, -0.2) is 4.98 Å². The predicted octanol–water partition coefficient (Wildman–Crippen LogP) is 3.47. The fourth-order valence-electron chi connectivity index (χ4n) is 1.43.